The van der Waals surface area contributed by atoms with Crippen molar-refractivity contribution in [2.24, 2.45) is 0 Å². The second-order valence-corrected chi connectivity index (χ2v) is 7.13. The monoisotopic (exact) mass is 340 g/mol. The van der Waals surface area contributed by atoms with Crippen molar-refractivity contribution in [3.05, 3.63) is 51.3 Å². The number of nitrogens with zero attached hydrogens (tertiary/aromatic N) is 3. The molecule has 0 aliphatic carbocycles. The van der Waals surface area contributed by atoms with Crippen molar-refractivity contribution in [2.45, 2.75) is 39.2 Å². The molecule has 5 nitrogen and oxygen atoms in total. The van der Waals surface area contributed by atoms with E-state index < -0.39 is 0 Å². The van der Waals surface area contributed by atoms with E-state index in [2.05, 4.69) is 38.0 Å². The van der Waals surface area contributed by atoms with Gasteiger partial charge in [-0.2, -0.15) is 4.98 Å². The van der Waals surface area contributed by atoms with Crippen molar-refractivity contribution in [1.82, 2.24) is 20.4 Å². The smallest absolute Gasteiger partial charge is 0.226 e. The molecule has 1 aliphatic rings. The highest BCUT2D eigenvalue weighted by Gasteiger charge is 2.20. The van der Waals surface area contributed by atoms with E-state index in [1.807, 2.05) is 13.1 Å². The maximum Gasteiger partial charge on any atom is 0.226 e. The predicted molar refractivity (Wildman–Crippen MR) is 94.0 cm³/mol. The molecule has 4 heterocycles. The van der Waals surface area contributed by atoms with Gasteiger partial charge in [-0.1, -0.05) is 11.2 Å². The largest absolute Gasteiger partial charge is 0.339 e. The topological polar surface area (TPSA) is 63.8 Å². The second-order valence-electron chi connectivity index (χ2n) is 6.09. The maximum atomic E-state index is 5.48. The minimum atomic E-state index is 0.685. The number of aryl methyl sites for hydroxylation is 3. The number of thiophene rings is 1. The molecule has 1 aliphatic heterocycles. The van der Waals surface area contributed by atoms with E-state index in [-0.39, 0.29) is 0 Å². The molecule has 124 valence electrons. The van der Waals surface area contributed by atoms with Crippen LogP contribution in [0.3, 0.4) is 0 Å². The summed E-state index contributed by atoms with van der Waals surface area (Å²) in [6.45, 7) is 3.86. The quantitative estimate of drug-likeness (QED) is 0.772. The zero-order chi connectivity index (χ0) is 16.4. The van der Waals surface area contributed by atoms with Gasteiger partial charge < -0.3 is 9.84 Å². The van der Waals surface area contributed by atoms with Gasteiger partial charge in [0.15, 0.2) is 0 Å². The van der Waals surface area contributed by atoms with Crippen molar-refractivity contribution in [2.75, 3.05) is 6.54 Å². The van der Waals surface area contributed by atoms with Crippen LogP contribution in [0.1, 0.15) is 34.0 Å². The van der Waals surface area contributed by atoms with E-state index in [1.165, 1.54) is 16.0 Å². The van der Waals surface area contributed by atoms with Gasteiger partial charge in [-0.15, -0.1) is 11.3 Å². The van der Waals surface area contributed by atoms with Crippen LogP contribution in [-0.4, -0.2) is 21.7 Å². The van der Waals surface area contributed by atoms with Gasteiger partial charge >= 0.3 is 0 Å². The van der Waals surface area contributed by atoms with Crippen LogP contribution in [-0.2, 0) is 25.8 Å². The van der Waals surface area contributed by atoms with Crippen LogP contribution >= 0.6 is 11.3 Å². The fraction of sp³-hybridized carbons (Fsp3) is 0.389. The Bertz CT molecular complexity index is 826. The molecule has 0 saturated heterocycles. The van der Waals surface area contributed by atoms with Crippen LogP contribution in [0.2, 0.25) is 0 Å². The first-order chi connectivity index (χ1) is 11.8. The zero-order valence-corrected chi connectivity index (χ0v) is 14.5. The molecule has 3 aromatic heterocycles. The van der Waals surface area contributed by atoms with Crippen molar-refractivity contribution < 1.29 is 4.52 Å². The lowest BCUT2D eigenvalue weighted by Gasteiger charge is -2.19. The summed E-state index contributed by atoms with van der Waals surface area (Å²) in [4.78, 5) is 10.5. The van der Waals surface area contributed by atoms with Gasteiger partial charge in [0.25, 0.3) is 0 Å². The van der Waals surface area contributed by atoms with Crippen LogP contribution in [0.15, 0.2) is 28.2 Å². The van der Waals surface area contributed by atoms with E-state index in [4.69, 9.17) is 4.52 Å². The van der Waals surface area contributed by atoms with Crippen LogP contribution in [0, 0.1) is 6.92 Å². The molecule has 6 heteroatoms. The summed E-state index contributed by atoms with van der Waals surface area (Å²) < 4.78 is 5.48. The molecule has 0 fully saturated rings. The highest BCUT2D eigenvalue weighted by atomic mass is 32.1. The lowest BCUT2D eigenvalue weighted by Crippen LogP contribution is -2.24. The van der Waals surface area contributed by atoms with Crippen LogP contribution in [0.4, 0.5) is 0 Å². The van der Waals surface area contributed by atoms with Crippen molar-refractivity contribution in [1.29, 1.82) is 0 Å². The normalized spacial score (nSPS) is 13.9. The summed E-state index contributed by atoms with van der Waals surface area (Å²) >= 11 is 1.80. The van der Waals surface area contributed by atoms with Crippen molar-refractivity contribution >= 4 is 11.3 Å². The van der Waals surface area contributed by atoms with Gasteiger partial charge in [0.1, 0.15) is 0 Å². The lowest BCUT2D eigenvalue weighted by molar-refractivity contribution is 0.376. The minimum absolute atomic E-state index is 0.685. The van der Waals surface area contributed by atoms with E-state index in [9.17, 15) is 0 Å². The fourth-order valence-corrected chi connectivity index (χ4v) is 3.95. The standard InChI is InChI=1S/C18H20N4OS/c1-12-17(15-7-8-19-10-13(15)11-20-12)18-21-16(23-22-18)6-2-4-14-5-3-9-24-14/h3,5,9,11,19H,2,4,6-8,10H2,1H3. The Morgan fingerprint density at radius 1 is 1.33 bits per heavy atom. The number of fused-ring (bicyclic) bond motifs is 1. The first-order valence-electron chi connectivity index (χ1n) is 8.34. The van der Waals surface area contributed by atoms with Gasteiger partial charge in [-0.3, -0.25) is 4.98 Å². The fourth-order valence-electron chi connectivity index (χ4n) is 3.19. The third kappa shape index (κ3) is 3.12. The number of aromatic nitrogens is 3. The summed E-state index contributed by atoms with van der Waals surface area (Å²) in [5.74, 6) is 1.40. The minimum Gasteiger partial charge on any atom is -0.339 e. The molecule has 0 unspecified atom stereocenters. The Morgan fingerprint density at radius 2 is 2.29 bits per heavy atom. The van der Waals surface area contributed by atoms with Crippen LogP contribution in [0.25, 0.3) is 11.4 Å². The first kappa shape index (κ1) is 15.5. The Hall–Kier alpha value is -2.05. The molecular weight excluding hydrogens is 320 g/mol. The lowest BCUT2D eigenvalue weighted by atomic mass is 9.95. The highest BCUT2D eigenvalue weighted by molar-refractivity contribution is 7.09. The van der Waals surface area contributed by atoms with E-state index >= 15 is 0 Å². The molecule has 0 saturated carbocycles. The van der Waals surface area contributed by atoms with Gasteiger partial charge in [0.2, 0.25) is 11.7 Å². The van der Waals surface area contributed by atoms with Gasteiger partial charge in [-0.05, 0) is 55.3 Å². The molecular formula is C18H20N4OS. The average Bonchev–Trinajstić information content (AvgIpc) is 3.27. The predicted octanol–water partition coefficient (Wildman–Crippen LogP) is 3.32. The third-order valence-electron chi connectivity index (χ3n) is 4.42. The molecule has 0 radical (unpaired) electrons. The first-order valence-corrected chi connectivity index (χ1v) is 9.22. The summed E-state index contributed by atoms with van der Waals surface area (Å²) in [6.07, 6.45) is 5.84. The third-order valence-corrected chi connectivity index (χ3v) is 5.35. The molecule has 24 heavy (non-hydrogen) atoms. The molecule has 1 N–H and O–H groups in total. The van der Waals surface area contributed by atoms with Gasteiger partial charge in [0, 0.05) is 35.3 Å². The van der Waals surface area contributed by atoms with Crippen molar-refractivity contribution in [3.8, 4) is 11.4 Å². The van der Waals surface area contributed by atoms with Crippen molar-refractivity contribution in [3.63, 3.8) is 0 Å². The molecule has 4 rings (SSSR count). The second kappa shape index (κ2) is 6.83. The average molecular weight is 340 g/mol. The Balaban J connectivity index is 1.52. The SMILES string of the molecule is Cc1ncc2c(c1-c1noc(CCCc3cccs3)n1)CCNC2. The zero-order valence-electron chi connectivity index (χ0n) is 13.7. The summed E-state index contributed by atoms with van der Waals surface area (Å²) in [7, 11) is 0. The summed E-state index contributed by atoms with van der Waals surface area (Å²) in [6, 6.07) is 4.26. The van der Waals surface area contributed by atoms with Crippen LogP contribution < -0.4 is 5.32 Å². The van der Waals surface area contributed by atoms with E-state index in [0.717, 1.165) is 50.0 Å². The molecule has 0 bridgehead atoms. The molecule has 0 spiro atoms. The highest BCUT2D eigenvalue weighted by Crippen LogP contribution is 2.28. The molecule has 3 aromatic rings. The molecule has 0 atom stereocenters. The van der Waals surface area contributed by atoms with Gasteiger partial charge in [0.05, 0.1) is 0 Å². The number of pyridine rings is 1. The Morgan fingerprint density at radius 3 is 3.17 bits per heavy atom. The number of rotatable bonds is 5. The molecule has 0 aromatic carbocycles. The van der Waals surface area contributed by atoms with Gasteiger partial charge in [-0.25, -0.2) is 0 Å². The Kier molecular flexibility index (Phi) is 4.40. The molecule has 0 amide bonds. The van der Waals surface area contributed by atoms with Crippen LogP contribution in [0.5, 0.6) is 0 Å². The number of nitrogens with one attached hydrogen (secondary N) is 1. The summed E-state index contributed by atoms with van der Waals surface area (Å²) in [5.41, 5.74) is 4.59. The van der Waals surface area contributed by atoms with E-state index in [0.29, 0.717) is 11.7 Å². The van der Waals surface area contributed by atoms with E-state index in [1.54, 1.807) is 11.3 Å². The number of hydrogen-bond donors (Lipinski definition) is 1. The maximum absolute atomic E-state index is 5.48. The summed E-state index contributed by atoms with van der Waals surface area (Å²) in [5, 5.41) is 9.72. The Labute approximate surface area is 145 Å². The number of hydrogen-bond acceptors (Lipinski definition) is 6.